The molecule has 2 rings (SSSR count). The lowest BCUT2D eigenvalue weighted by Crippen LogP contribution is -2.38. The van der Waals surface area contributed by atoms with E-state index >= 15 is 0 Å². The van der Waals surface area contributed by atoms with Crippen molar-refractivity contribution in [2.45, 2.75) is 33.2 Å². The van der Waals surface area contributed by atoms with Crippen LogP contribution in [-0.4, -0.2) is 13.1 Å². The van der Waals surface area contributed by atoms with Gasteiger partial charge in [0.05, 0.1) is 5.69 Å². The van der Waals surface area contributed by atoms with Crippen LogP contribution >= 0.6 is 15.9 Å². The van der Waals surface area contributed by atoms with Gasteiger partial charge in [0.1, 0.15) is 0 Å². The van der Waals surface area contributed by atoms with Crippen LogP contribution in [0.4, 0.5) is 5.69 Å². The van der Waals surface area contributed by atoms with E-state index in [1.165, 1.54) is 22.1 Å². The van der Waals surface area contributed by atoms with Crippen LogP contribution in [0, 0.1) is 11.8 Å². The Morgan fingerprint density at radius 3 is 2.39 bits per heavy atom. The van der Waals surface area contributed by atoms with Gasteiger partial charge in [0.15, 0.2) is 0 Å². The summed E-state index contributed by atoms with van der Waals surface area (Å²) in [5.74, 6) is 1.54. The van der Waals surface area contributed by atoms with Crippen molar-refractivity contribution in [2.75, 3.05) is 18.0 Å². The number of nitrogens with zero attached hydrogens (tertiary/aromatic N) is 1. The summed E-state index contributed by atoms with van der Waals surface area (Å²) < 4.78 is 1.17. The molecule has 1 heterocycles. The van der Waals surface area contributed by atoms with Crippen molar-refractivity contribution < 1.29 is 0 Å². The van der Waals surface area contributed by atoms with Crippen molar-refractivity contribution in [3.05, 3.63) is 28.2 Å². The van der Waals surface area contributed by atoms with Crippen LogP contribution in [-0.2, 0) is 0 Å². The molecule has 0 aliphatic carbocycles. The molecule has 1 aliphatic rings. The van der Waals surface area contributed by atoms with Crippen LogP contribution in [0.25, 0.3) is 0 Å². The molecule has 3 heteroatoms. The Balaban J connectivity index is 2.22. The van der Waals surface area contributed by atoms with Gasteiger partial charge in [0.25, 0.3) is 0 Å². The number of piperidine rings is 1. The first-order chi connectivity index (χ1) is 8.47. The highest BCUT2D eigenvalue weighted by molar-refractivity contribution is 9.10. The number of anilines is 1. The smallest absolute Gasteiger partial charge is 0.0511 e. The van der Waals surface area contributed by atoms with E-state index in [2.05, 4.69) is 52.9 Å². The third-order valence-electron chi connectivity index (χ3n) is 3.71. The Bertz CT molecular complexity index is 407. The third-order valence-corrected chi connectivity index (χ3v) is 4.34. The van der Waals surface area contributed by atoms with Gasteiger partial charge in [0, 0.05) is 23.6 Å². The zero-order valence-corrected chi connectivity index (χ0v) is 13.1. The van der Waals surface area contributed by atoms with Crippen LogP contribution in [0.5, 0.6) is 0 Å². The van der Waals surface area contributed by atoms with Crippen molar-refractivity contribution >= 4 is 21.6 Å². The molecule has 0 saturated carbocycles. The standard InChI is InChI=1S/C15H23BrN2/c1-10-6-11(2)9-18(8-10)15-5-4-13(12(3)17)7-14(15)16/h4-5,7,10-12H,6,8-9,17H2,1-3H3/t10?,11?,12-/m1/s1. The molecular weight excluding hydrogens is 288 g/mol. The molecule has 0 radical (unpaired) electrons. The summed E-state index contributed by atoms with van der Waals surface area (Å²) in [5.41, 5.74) is 8.41. The second-order valence-corrected chi connectivity index (χ2v) is 6.70. The van der Waals surface area contributed by atoms with E-state index in [0.717, 1.165) is 24.9 Å². The number of nitrogens with two attached hydrogens (primary N) is 1. The van der Waals surface area contributed by atoms with Gasteiger partial charge in [-0.25, -0.2) is 0 Å². The normalized spacial score (nSPS) is 26.2. The second-order valence-electron chi connectivity index (χ2n) is 5.85. The van der Waals surface area contributed by atoms with Crippen molar-refractivity contribution in [3.8, 4) is 0 Å². The van der Waals surface area contributed by atoms with Gasteiger partial charge in [-0.2, -0.15) is 0 Å². The molecule has 1 saturated heterocycles. The van der Waals surface area contributed by atoms with Gasteiger partial charge in [0.2, 0.25) is 0 Å². The lowest BCUT2D eigenvalue weighted by molar-refractivity contribution is 0.356. The Morgan fingerprint density at radius 1 is 1.28 bits per heavy atom. The first-order valence-corrected chi connectivity index (χ1v) is 7.56. The summed E-state index contributed by atoms with van der Waals surface area (Å²) in [4.78, 5) is 2.49. The topological polar surface area (TPSA) is 29.3 Å². The Hall–Kier alpha value is -0.540. The van der Waals surface area contributed by atoms with E-state index in [9.17, 15) is 0 Å². The zero-order valence-electron chi connectivity index (χ0n) is 11.5. The minimum Gasteiger partial charge on any atom is -0.370 e. The molecule has 0 aromatic heterocycles. The maximum atomic E-state index is 5.92. The summed E-state index contributed by atoms with van der Waals surface area (Å²) in [5, 5.41) is 0. The molecule has 1 fully saturated rings. The first kappa shape index (κ1) is 13.9. The molecular formula is C15H23BrN2. The molecule has 18 heavy (non-hydrogen) atoms. The summed E-state index contributed by atoms with van der Waals surface area (Å²) >= 11 is 3.69. The van der Waals surface area contributed by atoms with Gasteiger partial charge in [-0.15, -0.1) is 0 Å². The lowest BCUT2D eigenvalue weighted by Gasteiger charge is -2.37. The van der Waals surface area contributed by atoms with Gasteiger partial charge in [-0.3, -0.25) is 0 Å². The van der Waals surface area contributed by atoms with Crippen molar-refractivity contribution in [1.29, 1.82) is 0 Å². The predicted octanol–water partition coefficient (Wildman–Crippen LogP) is 3.95. The number of rotatable bonds is 2. The molecule has 1 aliphatic heterocycles. The van der Waals surface area contributed by atoms with Crippen LogP contribution in [0.3, 0.4) is 0 Å². The second kappa shape index (κ2) is 5.62. The molecule has 0 amide bonds. The number of hydrogen-bond acceptors (Lipinski definition) is 2. The molecule has 2 nitrogen and oxygen atoms in total. The van der Waals surface area contributed by atoms with Gasteiger partial charge < -0.3 is 10.6 Å². The van der Waals surface area contributed by atoms with Crippen molar-refractivity contribution in [2.24, 2.45) is 17.6 Å². The van der Waals surface area contributed by atoms with Crippen molar-refractivity contribution in [3.63, 3.8) is 0 Å². The minimum absolute atomic E-state index is 0.0922. The first-order valence-electron chi connectivity index (χ1n) is 6.77. The number of halogens is 1. The Morgan fingerprint density at radius 2 is 1.89 bits per heavy atom. The van der Waals surface area contributed by atoms with Crippen LogP contribution in [0.15, 0.2) is 22.7 Å². The number of hydrogen-bond donors (Lipinski definition) is 1. The highest BCUT2D eigenvalue weighted by atomic mass is 79.9. The highest BCUT2D eigenvalue weighted by Crippen LogP contribution is 2.33. The van der Waals surface area contributed by atoms with Crippen LogP contribution in [0.1, 0.15) is 38.8 Å². The minimum atomic E-state index is 0.0922. The highest BCUT2D eigenvalue weighted by Gasteiger charge is 2.23. The molecule has 100 valence electrons. The summed E-state index contributed by atoms with van der Waals surface area (Å²) in [6.45, 7) is 9.01. The van der Waals surface area contributed by atoms with Gasteiger partial charge >= 0.3 is 0 Å². The SMILES string of the molecule is CC1CC(C)CN(c2ccc([C@@H](C)N)cc2Br)C1. The molecule has 1 aromatic rings. The van der Waals surface area contributed by atoms with E-state index in [-0.39, 0.29) is 6.04 Å². The molecule has 0 spiro atoms. The summed E-state index contributed by atoms with van der Waals surface area (Å²) in [7, 11) is 0. The van der Waals surface area contributed by atoms with E-state index < -0.39 is 0 Å². The van der Waals surface area contributed by atoms with Gasteiger partial charge in [-0.1, -0.05) is 19.9 Å². The molecule has 3 atom stereocenters. The number of benzene rings is 1. The fourth-order valence-corrected chi connectivity index (χ4v) is 3.57. The quantitative estimate of drug-likeness (QED) is 0.896. The molecule has 2 N–H and O–H groups in total. The van der Waals surface area contributed by atoms with E-state index in [0.29, 0.717) is 0 Å². The average molecular weight is 311 g/mol. The zero-order chi connectivity index (χ0) is 13.3. The largest absolute Gasteiger partial charge is 0.370 e. The van der Waals surface area contributed by atoms with Crippen LogP contribution < -0.4 is 10.6 Å². The maximum absolute atomic E-state index is 5.92. The Labute approximate surface area is 119 Å². The van der Waals surface area contributed by atoms with E-state index in [1.54, 1.807) is 0 Å². The average Bonchev–Trinajstić information content (AvgIpc) is 2.27. The molecule has 2 unspecified atom stereocenters. The summed E-state index contributed by atoms with van der Waals surface area (Å²) in [6.07, 6.45) is 1.34. The predicted molar refractivity (Wildman–Crippen MR) is 81.9 cm³/mol. The van der Waals surface area contributed by atoms with Gasteiger partial charge in [-0.05, 0) is 58.8 Å². The molecule has 0 bridgehead atoms. The maximum Gasteiger partial charge on any atom is 0.0511 e. The lowest BCUT2D eigenvalue weighted by atomic mass is 9.91. The fourth-order valence-electron chi connectivity index (χ4n) is 2.92. The molecule has 1 aromatic carbocycles. The third kappa shape index (κ3) is 3.07. The monoisotopic (exact) mass is 310 g/mol. The fraction of sp³-hybridized carbons (Fsp3) is 0.600. The van der Waals surface area contributed by atoms with Crippen molar-refractivity contribution in [1.82, 2.24) is 0 Å². The van der Waals surface area contributed by atoms with E-state index in [1.807, 2.05) is 6.92 Å². The van der Waals surface area contributed by atoms with Crippen LogP contribution in [0.2, 0.25) is 0 Å². The Kier molecular flexibility index (Phi) is 4.33. The summed E-state index contributed by atoms with van der Waals surface area (Å²) in [6, 6.07) is 6.60. The van der Waals surface area contributed by atoms with E-state index in [4.69, 9.17) is 5.73 Å².